The molecular weight excluding hydrogens is 270 g/mol. The van der Waals surface area contributed by atoms with Crippen molar-refractivity contribution in [1.82, 2.24) is 5.32 Å². The van der Waals surface area contributed by atoms with Crippen molar-refractivity contribution in [3.05, 3.63) is 29.8 Å². The van der Waals surface area contributed by atoms with Crippen LogP contribution in [0.1, 0.15) is 57.6 Å². The Hall–Kier alpha value is -0.870. The van der Waals surface area contributed by atoms with E-state index in [2.05, 4.69) is 19.2 Å². The van der Waals surface area contributed by atoms with Crippen LogP contribution in [0.2, 0.25) is 0 Å². The molecule has 2 unspecified atom stereocenters. The maximum atomic E-state index is 12.2. The van der Waals surface area contributed by atoms with Crippen molar-refractivity contribution in [2.24, 2.45) is 0 Å². The van der Waals surface area contributed by atoms with Crippen molar-refractivity contribution in [3.8, 4) is 0 Å². The monoisotopic (exact) mass is 295 g/mol. The fraction of sp³-hybridized carbons (Fsp3) is 0.625. The molecule has 4 heteroatoms. The fourth-order valence-electron chi connectivity index (χ4n) is 2.98. The minimum atomic E-state index is -3.10. The van der Waals surface area contributed by atoms with Crippen LogP contribution in [0.3, 0.4) is 0 Å². The molecule has 2 rings (SSSR count). The van der Waals surface area contributed by atoms with E-state index in [1.807, 2.05) is 12.1 Å². The largest absolute Gasteiger partial charge is 0.306 e. The number of hydrogen-bond donors (Lipinski definition) is 1. The maximum absolute atomic E-state index is 12.2. The molecule has 0 aromatic heterocycles. The lowest BCUT2D eigenvalue weighted by atomic mass is 10.0. The van der Waals surface area contributed by atoms with E-state index in [1.165, 1.54) is 12.8 Å². The smallest absolute Gasteiger partial charge is 0.180 e. The number of rotatable bonds is 7. The third-order valence-corrected chi connectivity index (χ3v) is 5.81. The number of benzene rings is 1. The number of sulfone groups is 1. The predicted octanol–water partition coefficient (Wildman–Crippen LogP) is 3.46. The Bertz CT molecular complexity index is 539. The Morgan fingerprint density at radius 2 is 1.95 bits per heavy atom. The third kappa shape index (κ3) is 3.41. The van der Waals surface area contributed by atoms with Gasteiger partial charge >= 0.3 is 0 Å². The summed E-state index contributed by atoms with van der Waals surface area (Å²) in [5, 5.41) is 3.58. The highest BCUT2D eigenvalue weighted by atomic mass is 32.2. The summed E-state index contributed by atoms with van der Waals surface area (Å²) in [6.07, 6.45) is 5.74. The molecule has 20 heavy (non-hydrogen) atoms. The average molecular weight is 295 g/mol. The maximum Gasteiger partial charge on any atom is 0.180 e. The van der Waals surface area contributed by atoms with Crippen molar-refractivity contribution >= 4 is 9.84 Å². The van der Waals surface area contributed by atoms with Crippen LogP contribution in [0.4, 0.5) is 0 Å². The van der Waals surface area contributed by atoms with E-state index < -0.39 is 9.84 Å². The molecule has 1 aromatic carbocycles. The minimum Gasteiger partial charge on any atom is -0.306 e. The third-order valence-electron chi connectivity index (χ3n) is 4.00. The van der Waals surface area contributed by atoms with Gasteiger partial charge in [-0.25, -0.2) is 8.42 Å². The van der Waals surface area contributed by atoms with Crippen LogP contribution in [0.25, 0.3) is 0 Å². The van der Waals surface area contributed by atoms with Crippen molar-refractivity contribution < 1.29 is 8.42 Å². The summed E-state index contributed by atoms with van der Waals surface area (Å²) in [5.74, 6) is 0.207. The quantitative estimate of drug-likeness (QED) is 0.838. The van der Waals surface area contributed by atoms with Crippen LogP contribution in [-0.2, 0) is 9.84 Å². The van der Waals surface area contributed by atoms with Crippen molar-refractivity contribution in [2.45, 2.75) is 62.9 Å². The molecule has 0 amide bonds. The van der Waals surface area contributed by atoms with E-state index in [-0.39, 0.29) is 11.8 Å². The molecule has 1 aliphatic rings. The Morgan fingerprint density at radius 3 is 2.65 bits per heavy atom. The Balaban J connectivity index is 2.14. The summed E-state index contributed by atoms with van der Waals surface area (Å²) in [7, 11) is -3.10. The average Bonchev–Trinajstić information content (AvgIpc) is 2.68. The molecule has 112 valence electrons. The van der Waals surface area contributed by atoms with Crippen LogP contribution in [0, 0.1) is 0 Å². The second-order valence-electron chi connectivity index (χ2n) is 5.67. The number of hydrogen-bond acceptors (Lipinski definition) is 3. The summed E-state index contributed by atoms with van der Waals surface area (Å²) < 4.78 is 24.4. The van der Waals surface area contributed by atoms with Gasteiger partial charge < -0.3 is 5.32 Å². The van der Waals surface area contributed by atoms with Gasteiger partial charge in [-0.2, -0.15) is 0 Å². The van der Waals surface area contributed by atoms with Crippen LogP contribution < -0.4 is 5.32 Å². The topological polar surface area (TPSA) is 46.2 Å². The zero-order valence-electron chi connectivity index (χ0n) is 12.4. The molecule has 0 fully saturated rings. The van der Waals surface area contributed by atoms with Gasteiger partial charge in [0.2, 0.25) is 0 Å². The molecule has 0 radical (unpaired) electrons. The first-order valence-electron chi connectivity index (χ1n) is 7.66. The molecule has 0 aliphatic carbocycles. The van der Waals surface area contributed by atoms with E-state index in [0.29, 0.717) is 10.9 Å². The molecule has 0 saturated carbocycles. The van der Waals surface area contributed by atoms with E-state index >= 15 is 0 Å². The van der Waals surface area contributed by atoms with E-state index in [9.17, 15) is 8.42 Å². The molecule has 1 aromatic rings. The Labute approximate surface area is 122 Å². The molecule has 0 spiro atoms. The highest BCUT2D eigenvalue weighted by molar-refractivity contribution is 7.91. The van der Waals surface area contributed by atoms with Gasteiger partial charge in [-0.15, -0.1) is 0 Å². The lowest BCUT2D eigenvalue weighted by molar-refractivity contribution is 0.398. The second-order valence-corrected chi connectivity index (χ2v) is 7.67. The molecule has 2 atom stereocenters. The van der Waals surface area contributed by atoms with Crippen molar-refractivity contribution in [2.75, 3.05) is 5.75 Å². The number of nitrogens with one attached hydrogen (secondary N) is 1. The summed E-state index contributed by atoms with van der Waals surface area (Å²) >= 11 is 0. The van der Waals surface area contributed by atoms with Gasteiger partial charge in [0.15, 0.2) is 9.84 Å². The summed E-state index contributed by atoms with van der Waals surface area (Å²) in [6, 6.07) is 7.79. The molecule has 3 nitrogen and oxygen atoms in total. The van der Waals surface area contributed by atoms with Crippen molar-refractivity contribution in [1.29, 1.82) is 0 Å². The first-order valence-corrected chi connectivity index (χ1v) is 9.31. The first kappa shape index (κ1) is 15.5. The van der Waals surface area contributed by atoms with Crippen LogP contribution >= 0.6 is 0 Å². The van der Waals surface area contributed by atoms with Crippen molar-refractivity contribution in [3.63, 3.8) is 0 Å². The van der Waals surface area contributed by atoms with E-state index in [4.69, 9.17) is 0 Å². The second kappa shape index (κ2) is 6.72. The SMILES string of the molecule is CCCCC(CCC)NC1CS(=O)(=O)c2ccccc21. The highest BCUT2D eigenvalue weighted by Gasteiger charge is 2.34. The van der Waals surface area contributed by atoms with E-state index in [0.717, 1.165) is 24.8 Å². The number of fused-ring (bicyclic) bond motifs is 1. The fourth-order valence-corrected chi connectivity index (χ4v) is 4.73. The van der Waals surface area contributed by atoms with Crippen LogP contribution in [0.5, 0.6) is 0 Å². The summed E-state index contributed by atoms with van der Waals surface area (Å²) in [5.41, 5.74) is 0.949. The van der Waals surface area contributed by atoms with E-state index in [1.54, 1.807) is 12.1 Å². The van der Waals surface area contributed by atoms with Gasteiger partial charge in [-0.1, -0.05) is 51.3 Å². The van der Waals surface area contributed by atoms with Gasteiger partial charge in [-0.05, 0) is 24.5 Å². The molecule has 1 heterocycles. The van der Waals surface area contributed by atoms with Crippen LogP contribution in [-0.4, -0.2) is 20.2 Å². The molecular formula is C16H25NO2S. The molecule has 1 aliphatic heterocycles. The lowest BCUT2D eigenvalue weighted by Gasteiger charge is -2.22. The van der Waals surface area contributed by atoms with Gasteiger partial charge in [0.25, 0.3) is 0 Å². The van der Waals surface area contributed by atoms with Crippen LogP contribution in [0.15, 0.2) is 29.2 Å². The normalized spacial score (nSPS) is 21.6. The standard InChI is InChI=1S/C16H25NO2S/c1-3-5-9-13(8-4-2)17-15-12-20(18,19)16-11-7-6-10-14(15)16/h6-7,10-11,13,15,17H,3-5,8-9,12H2,1-2H3. The predicted molar refractivity (Wildman–Crippen MR) is 82.6 cm³/mol. The zero-order valence-corrected chi connectivity index (χ0v) is 13.2. The first-order chi connectivity index (χ1) is 9.58. The highest BCUT2D eigenvalue weighted by Crippen LogP contribution is 2.33. The van der Waals surface area contributed by atoms with Gasteiger partial charge in [0, 0.05) is 12.1 Å². The molecule has 1 N–H and O–H groups in total. The Morgan fingerprint density at radius 1 is 1.20 bits per heavy atom. The van der Waals surface area contributed by atoms with Gasteiger partial charge in [0.1, 0.15) is 0 Å². The summed E-state index contributed by atoms with van der Waals surface area (Å²) in [6.45, 7) is 4.37. The lowest BCUT2D eigenvalue weighted by Crippen LogP contribution is -2.33. The van der Waals surface area contributed by atoms with Gasteiger partial charge in [-0.3, -0.25) is 0 Å². The number of unbranched alkanes of at least 4 members (excludes halogenated alkanes) is 1. The molecule has 0 saturated heterocycles. The minimum absolute atomic E-state index is 0.0374. The zero-order chi connectivity index (χ0) is 14.6. The molecule has 0 bridgehead atoms. The van der Waals surface area contributed by atoms with Gasteiger partial charge in [0.05, 0.1) is 10.6 Å². The Kier molecular flexibility index (Phi) is 5.22. The summed E-state index contributed by atoms with van der Waals surface area (Å²) in [4.78, 5) is 0.517.